The number of rotatable bonds is 4. The number of aromatic nitrogens is 2. The summed E-state index contributed by atoms with van der Waals surface area (Å²) in [5, 5.41) is 0. The molecule has 1 N–H and O–H groups in total. The van der Waals surface area contributed by atoms with Crippen molar-refractivity contribution in [1.29, 1.82) is 0 Å². The molecule has 142 valence electrons. The zero-order valence-electron chi connectivity index (χ0n) is 15.7. The van der Waals surface area contributed by atoms with Crippen molar-refractivity contribution in [1.82, 2.24) is 14.9 Å². The van der Waals surface area contributed by atoms with Crippen LogP contribution in [0.2, 0.25) is 0 Å². The van der Waals surface area contributed by atoms with Crippen LogP contribution in [0.25, 0.3) is 20.7 Å². The van der Waals surface area contributed by atoms with Crippen LogP contribution in [-0.4, -0.2) is 35.1 Å². The predicted molar refractivity (Wildman–Crippen MR) is 111 cm³/mol. The van der Waals surface area contributed by atoms with E-state index in [0.717, 1.165) is 47.2 Å². The molecular formula is C21H25N3O2S. The number of hydrogen-bond donors (Lipinski definition) is 1. The van der Waals surface area contributed by atoms with Crippen LogP contribution in [0, 0.1) is 0 Å². The van der Waals surface area contributed by atoms with Crippen LogP contribution in [0.4, 0.5) is 0 Å². The lowest BCUT2D eigenvalue weighted by molar-refractivity contribution is 0.234. The second-order valence-electron chi connectivity index (χ2n) is 7.11. The average molecular weight is 384 g/mol. The van der Waals surface area contributed by atoms with E-state index in [1.807, 2.05) is 30.3 Å². The van der Waals surface area contributed by atoms with Crippen molar-refractivity contribution >= 4 is 21.6 Å². The molecule has 3 heterocycles. The Kier molecular flexibility index (Phi) is 5.55. The fraction of sp³-hybridized carbons (Fsp3) is 0.429. The lowest BCUT2D eigenvalue weighted by atomic mass is 10.1. The molecule has 3 aromatic rings. The highest BCUT2D eigenvalue weighted by Gasteiger charge is 2.14. The van der Waals surface area contributed by atoms with Gasteiger partial charge in [0.2, 0.25) is 0 Å². The molecule has 1 aliphatic rings. The van der Waals surface area contributed by atoms with Gasteiger partial charge < -0.3 is 9.72 Å². The zero-order valence-corrected chi connectivity index (χ0v) is 16.5. The SMILES string of the molecule is COc1ccc(-c2cc3nc(CN4CCCCCCC4)[nH]c(=O)c3s2)cc1. The third-order valence-corrected chi connectivity index (χ3v) is 6.30. The summed E-state index contributed by atoms with van der Waals surface area (Å²) in [5.41, 5.74) is 1.83. The van der Waals surface area contributed by atoms with Gasteiger partial charge in [0.25, 0.3) is 5.56 Å². The van der Waals surface area contributed by atoms with E-state index < -0.39 is 0 Å². The standard InChI is InChI=1S/C21H25N3O2S/c1-26-16-9-7-15(8-10-16)18-13-17-20(27-18)21(25)23-19(22-17)14-24-11-5-3-2-4-6-12-24/h7-10,13H,2-6,11-12,14H2,1H3,(H,22,23,25). The van der Waals surface area contributed by atoms with E-state index in [-0.39, 0.29) is 5.56 Å². The van der Waals surface area contributed by atoms with Crippen molar-refractivity contribution in [2.75, 3.05) is 20.2 Å². The number of likely N-dealkylation sites (tertiary alicyclic amines) is 1. The van der Waals surface area contributed by atoms with Crippen molar-refractivity contribution in [3.63, 3.8) is 0 Å². The zero-order chi connectivity index (χ0) is 18.6. The Morgan fingerprint density at radius 3 is 2.52 bits per heavy atom. The van der Waals surface area contributed by atoms with E-state index >= 15 is 0 Å². The van der Waals surface area contributed by atoms with Crippen LogP contribution < -0.4 is 10.3 Å². The molecule has 27 heavy (non-hydrogen) atoms. The van der Waals surface area contributed by atoms with Crippen molar-refractivity contribution < 1.29 is 4.74 Å². The monoisotopic (exact) mass is 383 g/mol. The Bertz CT molecular complexity index is 954. The number of nitrogens with one attached hydrogen (secondary N) is 1. The first-order chi connectivity index (χ1) is 13.2. The van der Waals surface area contributed by atoms with Gasteiger partial charge in [0, 0.05) is 4.88 Å². The number of methoxy groups -OCH3 is 1. The smallest absolute Gasteiger partial charge is 0.268 e. The van der Waals surface area contributed by atoms with Crippen molar-refractivity contribution in [2.24, 2.45) is 0 Å². The molecule has 0 atom stereocenters. The van der Waals surface area contributed by atoms with Crippen LogP contribution in [0.15, 0.2) is 35.1 Å². The number of hydrogen-bond acceptors (Lipinski definition) is 5. The van der Waals surface area contributed by atoms with Crippen LogP contribution in [0.3, 0.4) is 0 Å². The van der Waals surface area contributed by atoms with E-state index in [0.29, 0.717) is 4.70 Å². The van der Waals surface area contributed by atoms with E-state index in [4.69, 9.17) is 9.72 Å². The first-order valence-electron chi connectivity index (χ1n) is 9.62. The second kappa shape index (κ2) is 8.23. The third-order valence-electron chi connectivity index (χ3n) is 5.13. The highest BCUT2D eigenvalue weighted by atomic mass is 32.1. The van der Waals surface area contributed by atoms with Gasteiger partial charge in [-0.2, -0.15) is 0 Å². The highest BCUT2D eigenvalue weighted by Crippen LogP contribution is 2.31. The number of nitrogens with zero attached hydrogens (tertiary/aromatic N) is 2. The van der Waals surface area contributed by atoms with Gasteiger partial charge in [-0.1, -0.05) is 19.3 Å². The molecule has 5 nitrogen and oxygen atoms in total. The molecule has 1 aromatic carbocycles. The van der Waals surface area contributed by atoms with Gasteiger partial charge in [0.1, 0.15) is 16.3 Å². The molecule has 2 aromatic heterocycles. The molecule has 6 heteroatoms. The van der Waals surface area contributed by atoms with Gasteiger partial charge in [0.15, 0.2) is 0 Å². The highest BCUT2D eigenvalue weighted by molar-refractivity contribution is 7.22. The molecule has 0 spiro atoms. The van der Waals surface area contributed by atoms with Crippen LogP contribution in [0.1, 0.15) is 37.9 Å². The van der Waals surface area contributed by atoms with Gasteiger partial charge in [0.05, 0.1) is 19.2 Å². The summed E-state index contributed by atoms with van der Waals surface area (Å²) in [6.07, 6.45) is 6.40. The predicted octanol–water partition coefficient (Wildman–Crippen LogP) is 4.43. The van der Waals surface area contributed by atoms with Gasteiger partial charge in [-0.05, 0) is 61.8 Å². The Morgan fingerprint density at radius 2 is 1.81 bits per heavy atom. The minimum atomic E-state index is -0.0354. The van der Waals surface area contributed by atoms with E-state index in [2.05, 4.69) is 9.88 Å². The number of ether oxygens (including phenoxy) is 1. The summed E-state index contributed by atoms with van der Waals surface area (Å²) in [6, 6.07) is 9.92. The van der Waals surface area contributed by atoms with E-state index in [9.17, 15) is 4.79 Å². The topological polar surface area (TPSA) is 58.2 Å². The van der Waals surface area contributed by atoms with Crippen molar-refractivity contribution in [3.05, 3.63) is 46.5 Å². The quantitative estimate of drug-likeness (QED) is 0.724. The van der Waals surface area contributed by atoms with Gasteiger partial charge in [-0.15, -0.1) is 11.3 Å². The number of fused-ring (bicyclic) bond motifs is 1. The molecule has 0 saturated carbocycles. The van der Waals surface area contributed by atoms with Crippen LogP contribution in [-0.2, 0) is 6.54 Å². The minimum Gasteiger partial charge on any atom is -0.497 e. The Hall–Kier alpha value is -2.18. The molecule has 1 saturated heterocycles. The van der Waals surface area contributed by atoms with Gasteiger partial charge in [-0.3, -0.25) is 9.69 Å². The maximum atomic E-state index is 12.6. The van der Waals surface area contributed by atoms with Crippen molar-refractivity contribution in [2.45, 2.75) is 38.6 Å². The summed E-state index contributed by atoms with van der Waals surface area (Å²) in [6.45, 7) is 2.89. The third kappa shape index (κ3) is 4.22. The summed E-state index contributed by atoms with van der Waals surface area (Å²) in [5.74, 6) is 1.60. The van der Waals surface area contributed by atoms with Gasteiger partial charge >= 0.3 is 0 Å². The summed E-state index contributed by atoms with van der Waals surface area (Å²) >= 11 is 1.49. The van der Waals surface area contributed by atoms with E-state index in [1.54, 1.807) is 7.11 Å². The van der Waals surface area contributed by atoms with Crippen molar-refractivity contribution in [3.8, 4) is 16.2 Å². The summed E-state index contributed by atoms with van der Waals surface area (Å²) in [7, 11) is 1.66. The number of thiophene rings is 1. The number of benzene rings is 1. The Balaban J connectivity index is 1.59. The largest absolute Gasteiger partial charge is 0.497 e. The van der Waals surface area contributed by atoms with Crippen LogP contribution >= 0.6 is 11.3 Å². The molecule has 1 fully saturated rings. The molecule has 1 aliphatic heterocycles. The fourth-order valence-corrected chi connectivity index (χ4v) is 4.64. The Labute approximate surface area is 163 Å². The molecule has 0 aliphatic carbocycles. The maximum absolute atomic E-state index is 12.6. The second-order valence-corrected chi connectivity index (χ2v) is 8.16. The van der Waals surface area contributed by atoms with E-state index in [1.165, 1.54) is 43.4 Å². The molecular weight excluding hydrogens is 358 g/mol. The lowest BCUT2D eigenvalue weighted by Crippen LogP contribution is -2.28. The normalized spacial score (nSPS) is 16.2. The maximum Gasteiger partial charge on any atom is 0.268 e. The van der Waals surface area contributed by atoms with Crippen LogP contribution in [0.5, 0.6) is 5.75 Å². The molecule has 4 rings (SSSR count). The number of aromatic amines is 1. The summed E-state index contributed by atoms with van der Waals surface area (Å²) < 4.78 is 5.91. The molecule has 0 bridgehead atoms. The molecule has 0 unspecified atom stereocenters. The Morgan fingerprint density at radius 1 is 1.11 bits per heavy atom. The molecule has 0 radical (unpaired) electrons. The minimum absolute atomic E-state index is 0.0354. The fourth-order valence-electron chi connectivity index (χ4n) is 3.64. The average Bonchev–Trinajstić information content (AvgIpc) is 3.09. The van der Waals surface area contributed by atoms with Gasteiger partial charge in [-0.25, -0.2) is 4.98 Å². The summed E-state index contributed by atoms with van der Waals surface area (Å²) in [4.78, 5) is 23.8. The number of H-pyrrole nitrogens is 1. The molecule has 0 amide bonds. The first kappa shape index (κ1) is 18.2. The lowest BCUT2D eigenvalue weighted by Gasteiger charge is -2.23. The first-order valence-corrected chi connectivity index (χ1v) is 10.4.